The quantitative estimate of drug-likeness (QED) is 0.332. The molecule has 3 amide bonds. The van der Waals surface area contributed by atoms with Gasteiger partial charge in [-0.25, -0.2) is 4.79 Å². The van der Waals surface area contributed by atoms with Crippen molar-refractivity contribution in [3.8, 4) is 0 Å². The minimum Gasteiger partial charge on any atom is -0.444 e. The van der Waals surface area contributed by atoms with Crippen molar-refractivity contribution in [3.63, 3.8) is 0 Å². The Hall–Kier alpha value is -2.57. The van der Waals surface area contributed by atoms with Crippen molar-refractivity contribution in [2.75, 3.05) is 13.1 Å². The lowest BCUT2D eigenvalue weighted by atomic mass is 9.93. The summed E-state index contributed by atoms with van der Waals surface area (Å²) in [6, 6.07) is 4.37. The van der Waals surface area contributed by atoms with E-state index >= 15 is 0 Å². The standard InChI is InChI=1S/C29H49N3O4/c1-10-13-17-30-26(33)25(23-16-15-20(4)19-22(23)6)32(18-14-11-2)27(34)24(21(5)12-3)31-28(35)36-29(7,8)9/h15-16,19,21,24-25H,10-14,17-18H2,1-9H3,(H,30,33)(H,31,35). The van der Waals surface area contributed by atoms with Crippen LogP contribution in [-0.2, 0) is 14.3 Å². The monoisotopic (exact) mass is 503 g/mol. The van der Waals surface area contributed by atoms with Crippen LogP contribution in [0.4, 0.5) is 4.79 Å². The van der Waals surface area contributed by atoms with E-state index < -0.39 is 23.8 Å². The lowest BCUT2D eigenvalue weighted by Crippen LogP contribution is -2.55. The van der Waals surface area contributed by atoms with E-state index in [9.17, 15) is 14.4 Å². The van der Waals surface area contributed by atoms with Gasteiger partial charge >= 0.3 is 6.09 Å². The zero-order chi connectivity index (χ0) is 27.5. The number of carbonyl (C=O) groups excluding carboxylic acids is 3. The van der Waals surface area contributed by atoms with Gasteiger partial charge in [0.05, 0.1) is 0 Å². The van der Waals surface area contributed by atoms with E-state index in [0.29, 0.717) is 19.5 Å². The van der Waals surface area contributed by atoms with Crippen LogP contribution in [0.1, 0.15) is 103 Å². The molecule has 0 bridgehead atoms. The predicted octanol–water partition coefficient (Wildman–Crippen LogP) is 5.83. The van der Waals surface area contributed by atoms with E-state index in [1.165, 1.54) is 0 Å². The summed E-state index contributed by atoms with van der Waals surface area (Å²) in [6.45, 7) is 18.4. The molecule has 1 aromatic carbocycles. The highest BCUT2D eigenvalue weighted by Gasteiger charge is 2.38. The molecule has 0 radical (unpaired) electrons. The molecule has 0 saturated heterocycles. The molecule has 0 aliphatic rings. The average Bonchev–Trinajstić information content (AvgIpc) is 2.79. The summed E-state index contributed by atoms with van der Waals surface area (Å²) in [5.41, 5.74) is 2.17. The number of alkyl carbamates (subject to hydrolysis) is 1. The fourth-order valence-corrected chi connectivity index (χ4v) is 4.06. The third-order valence-electron chi connectivity index (χ3n) is 6.30. The Labute approximate surface area is 218 Å². The summed E-state index contributed by atoms with van der Waals surface area (Å²) in [7, 11) is 0. The van der Waals surface area contributed by atoms with Crippen molar-refractivity contribution in [3.05, 3.63) is 34.9 Å². The van der Waals surface area contributed by atoms with Gasteiger partial charge in [0, 0.05) is 13.1 Å². The maximum Gasteiger partial charge on any atom is 0.408 e. The molecule has 0 aromatic heterocycles. The Morgan fingerprint density at radius 2 is 1.67 bits per heavy atom. The zero-order valence-electron chi connectivity index (χ0n) is 24.0. The third-order valence-corrected chi connectivity index (χ3v) is 6.30. The number of nitrogens with zero attached hydrogens (tertiary/aromatic N) is 1. The minimum atomic E-state index is -0.807. The van der Waals surface area contributed by atoms with Gasteiger partial charge in [0.15, 0.2) is 0 Å². The molecule has 3 atom stereocenters. The summed E-state index contributed by atoms with van der Waals surface area (Å²) in [5.74, 6) is -0.601. The van der Waals surface area contributed by atoms with Crippen LogP contribution in [0, 0.1) is 19.8 Å². The van der Waals surface area contributed by atoms with Gasteiger partial charge in [0.2, 0.25) is 11.8 Å². The highest BCUT2D eigenvalue weighted by molar-refractivity contribution is 5.92. The van der Waals surface area contributed by atoms with Gasteiger partial charge in [-0.15, -0.1) is 0 Å². The first-order chi connectivity index (χ1) is 16.9. The molecular weight excluding hydrogens is 454 g/mol. The predicted molar refractivity (Wildman–Crippen MR) is 146 cm³/mol. The number of ether oxygens (including phenoxy) is 1. The molecule has 0 spiro atoms. The first kappa shape index (κ1) is 31.5. The van der Waals surface area contributed by atoms with Gasteiger partial charge in [0.25, 0.3) is 0 Å². The first-order valence-electron chi connectivity index (χ1n) is 13.5. The number of nitrogens with one attached hydrogen (secondary N) is 2. The summed E-state index contributed by atoms with van der Waals surface area (Å²) >= 11 is 0. The van der Waals surface area contributed by atoms with Crippen molar-refractivity contribution < 1.29 is 19.1 Å². The highest BCUT2D eigenvalue weighted by atomic mass is 16.6. The molecule has 7 heteroatoms. The topological polar surface area (TPSA) is 87.7 Å². The fraction of sp³-hybridized carbons (Fsp3) is 0.690. The Morgan fingerprint density at radius 3 is 2.19 bits per heavy atom. The van der Waals surface area contributed by atoms with E-state index in [0.717, 1.165) is 42.4 Å². The van der Waals surface area contributed by atoms with Crippen LogP contribution in [0.5, 0.6) is 0 Å². The molecule has 0 fully saturated rings. The molecule has 204 valence electrons. The lowest BCUT2D eigenvalue weighted by molar-refractivity contribution is -0.143. The van der Waals surface area contributed by atoms with Crippen molar-refractivity contribution in [1.29, 1.82) is 0 Å². The van der Waals surface area contributed by atoms with Crippen molar-refractivity contribution in [1.82, 2.24) is 15.5 Å². The Bertz CT molecular complexity index is 863. The molecule has 7 nitrogen and oxygen atoms in total. The molecule has 1 rings (SSSR count). The van der Waals surface area contributed by atoms with Crippen LogP contribution in [-0.4, -0.2) is 47.5 Å². The fourth-order valence-electron chi connectivity index (χ4n) is 4.06. The van der Waals surface area contributed by atoms with Crippen molar-refractivity contribution in [2.24, 2.45) is 5.92 Å². The smallest absolute Gasteiger partial charge is 0.408 e. The maximum absolute atomic E-state index is 14.2. The third kappa shape index (κ3) is 9.82. The largest absolute Gasteiger partial charge is 0.444 e. The number of rotatable bonds is 13. The summed E-state index contributed by atoms with van der Waals surface area (Å²) in [4.78, 5) is 42.1. The SMILES string of the molecule is CCCCNC(=O)C(c1ccc(C)cc1C)N(CCCC)C(=O)C(NC(=O)OC(C)(C)C)C(C)CC. The molecule has 36 heavy (non-hydrogen) atoms. The van der Waals surface area contributed by atoms with Crippen molar-refractivity contribution >= 4 is 17.9 Å². The van der Waals surface area contributed by atoms with Crippen LogP contribution < -0.4 is 10.6 Å². The number of unbranched alkanes of at least 4 members (excludes halogenated alkanes) is 2. The highest BCUT2D eigenvalue weighted by Crippen LogP contribution is 2.28. The second-order valence-electron chi connectivity index (χ2n) is 10.8. The number of hydrogen-bond acceptors (Lipinski definition) is 4. The number of aryl methyl sites for hydroxylation is 2. The zero-order valence-corrected chi connectivity index (χ0v) is 24.0. The average molecular weight is 504 g/mol. The van der Waals surface area contributed by atoms with Gasteiger partial charge in [-0.3, -0.25) is 9.59 Å². The van der Waals surface area contributed by atoms with Crippen LogP contribution in [0.3, 0.4) is 0 Å². The van der Waals surface area contributed by atoms with Crippen molar-refractivity contribution in [2.45, 2.75) is 112 Å². The Morgan fingerprint density at radius 1 is 1.03 bits per heavy atom. The van der Waals surface area contributed by atoms with Crippen LogP contribution in [0.25, 0.3) is 0 Å². The molecule has 3 unspecified atom stereocenters. The normalized spacial score (nSPS) is 13.9. The lowest BCUT2D eigenvalue weighted by Gasteiger charge is -2.36. The molecule has 0 aliphatic carbocycles. The first-order valence-corrected chi connectivity index (χ1v) is 13.5. The summed E-state index contributed by atoms with van der Waals surface area (Å²) in [5, 5.41) is 5.86. The minimum absolute atomic E-state index is 0.142. The van der Waals surface area contributed by atoms with Gasteiger partial charge in [-0.1, -0.05) is 70.7 Å². The maximum atomic E-state index is 14.2. The van der Waals surface area contributed by atoms with Crippen LogP contribution in [0.2, 0.25) is 0 Å². The number of amides is 3. The molecule has 0 saturated carbocycles. The molecule has 0 aliphatic heterocycles. The molecule has 2 N–H and O–H groups in total. The Balaban J connectivity index is 3.51. The molecule has 0 heterocycles. The molecule has 1 aromatic rings. The second kappa shape index (κ2) is 14.9. The van der Waals surface area contributed by atoms with E-state index in [-0.39, 0.29) is 17.7 Å². The van der Waals surface area contributed by atoms with Gasteiger partial charge in [-0.05, 0) is 64.5 Å². The number of benzene rings is 1. The van der Waals surface area contributed by atoms with Crippen LogP contribution >= 0.6 is 0 Å². The second-order valence-corrected chi connectivity index (χ2v) is 10.8. The van der Waals surface area contributed by atoms with Crippen LogP contribution in [0.15, 0.2) is 18.2 Å². The van der Waals surface area contributed by atoms with Gasteiger partial charge in [0.1, 0.15) is 17.7 Å². The summed E-state index contributed by atoms with van der Waals surface area (Å²) in [6.07, 6.45) is 3.49. The van der Waals surface area contributed by atoms with E-state index in [1.807, 2.05) is 45.9 Å². The van der Waals surface area contributed by atoms with E-state index in [4.69, 9.17) is 4.74 Å². The summed E-state index contributed by atoms with van der Waals surface area (Å²) < 4.78 is 5.46. The van der Waals surface area contributed by atoms with Gasteiger partial charge < -0.3 is 20.3 Å². The van der Waals surface area contributed by atoms with Gasteiger partial charge in [-0.2, -0.15) is 0 Å². The number of hydrogen-bond donors (Lipinski definition) is 2. The number of carbonyl (C=O) groups is 3. The Kier molecular flexibility index (Phi) is 13.0. The van der Waals surface area contributed by atoms with E-state index in [1.54, 1.807) is 25.7 Å². The molecular formula is C29H49N3O4. The van der Waals surface area contributed by atoms with E-state index in [2.05, 4.69) is 24.5 Å².